The molecule has 1 heterocycles. The van der Waals surface area contributed by atoms with E-state index in [0.717, 1.165) is 11.0 Å². The molecule has 0 amide bonds. The largest absolute Gasteiger partial charge is 0.460 e. The third-order valence-electron chi connectivity index (χ3n) is 3.29. The number of carbonyl (C=O) groups is 1. The standard InChI is InChI=1S/C17H13N3O4S/c21-17(24-10-12-4-3-5-13(8-12)20(22)23)11-25-16-9-18-14-6-1-2-7-15(14)19-16/h1-9H,10-11H2. The molecule has 0 aliphatic carbocycles. The Morgan fingerprint density at radius 1 is 1.16 bits per heavy atom. The minimum Gasteiger partial charge on any atom is -0.460 e. The molecule has 3 rings (SSSR count). The van der Waals surface area contributed by atoms with Gasteiger partial charge in [-0.1, -0.05) is 36.0 Å². The second kappa shape index (κ2) is 7.71. The second-order valence-corrected chi connectivity index (χ2v) is 6.07. The lowest BCUT2D eigenvalue weighted by molar-refractivity contribution is -0.384. The molecule has 126 valence electrons. The fraction of sp³-hybridized carbons (Fsp3) is 0.118. The molecule has 0 spiro atoms. The number of nitro groups is 1. The normalized spacial score (nSPS) is 10.6. The number of rotatable bonds is 6. The molecule has 0 aliphatic rings. The third-order valence-corrected chi connectivity index (χ3v) is 4.16. The van der Waals surface area contributed by atoms with E-state index in [1.54, 1.807) is 18.3 Å². The maximum atomic E-state index is 11.8. The SMILES string of the molecule is O=C(CSc1cnc2ccccc2n1)OCc1cccc([N+](=O)[O-])c1. The van der Waals surface area contributed by atoms with Gasteiger partial charge in [-0.05, 0) is 17.7 Å². The first-order valence-electron chi connectivity index (χ1n) is 7.35. The van der Waals surface area contributed by atoms with Gasteiger partial charge in [-0.3, -0.25) is 19.9 Å². The van der Waals surface area contributed by atoms with Gasteiger partial charge in [0.2, 0.25) is 0 Å². The summed E-state index contributed by atoms with van der Waals surface area (Å²) in [6.07, 6.45) is 1.61. The number of hydrogen-bond acceptors (Lipinski definition) is 7. The summed E-state index contributed by atoms with van der Waals surface area (Å²) < 4.78 is 5.14. The number of thioether (sulfide) groups is 1. The van der Waals surface area contributed by atoms with Crippen molar-refractivity contribution in [2.45, 2.75) is 11.6 Å². The molecule has 2 aromatic carbocycles. The van der Waals surface area contributed by atoms with Gasteiger partial charge >= 0.3 is 5.97 Å². The highest BCUT2D eigenvalue weighted by atomic mass is 32.2. The van der Waals surface area contributed by atoms with Crippen molar-refractivity contribution in [3.8, 4) is 0 Å². The van der Waals surface area contributed by atoms with Crippen molar-refractivity contribution < 1.29 is 14.5 Å². The van der Waals surface area contributed by atoms with Gasteiger partial charge in [0, 0.05) is 12.1 Å². The van der Waals surface area contributed by atoms with Gasteiger partial charge in [0.15, 0.2) is 0 Å². The number of non-ortho nitro benzene ring substituents is 1. The highest BCUT2D eigenvalue weighted by Gasteiger charge is 2.09. The number of hydrogen-bond donors (Lipinski definition) is 0. The number of aromatic nitrogens is 2. The van der Waals surface area contributed by atoms with Crippen molar-refractivity contribution in [1.82, 2.24) is 9.97 Å². The molecule has 0 fully saturated rings. The molecule has 7 nitrogen and oxygen atoms in total. The summed E-state index contributed by atoms with van der Waals surface area (Å²) in [5, 5.41) is 11.4. The Morgan fingerprint density at radius 3 is 2.76 bits per heavy atom. The van der Waals surface area contributed by atoms with Crippen molar-refractivity contribution in [3.05, 3.63) is 70.4 Å². The number of nitrogens with zero attached hydrogens (tertiary/aromatic N) is 3. The predicted octanol–water partition coefficient (Wildman–Crippen LogP) is 3.37. The zero-order valence-corrected chi connectivity index (χ0v) is 13.8. The molecule has 0 bridgehead atoms. The van der Waals surface area contributed by atoms with E-state index in [4.69, 9.17) is 4.74 Å². The van der Waals surface area contributed by atoms with E-state index in [0.29, 0.717) is 10.6 Å². The number of carbonyl (C=O) groups excluding carboxylic acids is 1. The lowest BCUT2D eigenvalue weighted by Gasteiger charge is -2.05. The van der Waals surface area contributed by atoms with Crippen LogP contribution >= 0.6 is 11.8 Å². The Bertz CT molecular complexity index is 932. The predicted molar refractivity (Wildman–Crippen MR) is 93.2 cm³/mol. The third kappa shape index (κ3) is 4.51. The Labute approximate surface area is 147 Å². The van der Waals surface area contributed by atoms with E-state index in [-0.39, 0.29) is 18.0 Å². The van der Waals surface area contributed by atoms with Crippen molar-refractivity contribution in [1.29, 1.82) is 0 Å². The molecule has 0 atom stereocenters. The van der Waals surface area contributed by atoms with Crippen molar-refractivity contribution >= 4 is 34.5 Å². The lowest BCUT2D eigenvalue weighted by Crippen LogP contribution is -2.07. The van der Waals surface area contributed by atoms with E-state index in [1.165, 1.54) is 23.9 Å². The molecular weight excluding hydrogens is 342 g/mol. The highest BCUT2D eigenvalue weighted by molar-refractivity contribution is 7.99. The topological polar surface area (TPSA) is 95.2 Å². The van der Waals surface area contributed by atoms with Gasteiger partial charge < -0.3 is 4.74 Å². The molecule has 0 saturated carbocycles. The molecule has 8 heteroatoms. The monoisotopic (exact) mass is 355 g/mol. The average Bonchev–Trinajstić information content (AvgIpc) is 2.64. The number of ether oxygens (including phenoxy) is 1. The Hall–Kier alpha value is -3.00. The highest BCUT2D eigenvalue weighted by Crippen LogP contribution is 2.18. The molecule has 1 aromatic heterocycles. The quantitative estimate of drug-likeness (QED) is 0.289. The maximum absolute atomic E-state index is 11.8. The van der Waals surface area contributed by atoms with E-state index >= 15 is 0 Å². The fourth-order valence-corrected chi connectivity index (χ4v) is 2.75. The van der Waals surface area contributed by atoms with Crippen LogP contribution in [-0.2, 0) is 16.1 Å². The fourth-order valence-electron chi connectivity index (χ4n) is 2.11. The summed E-state index contributed by atoms with van der Waals surface area (Å²) in [5.41, 5.74) is 2.09. The zero-order chi connectivity index (χ0) is 17.6. The van der Waals surface area contributed by atoms with Crippen LogP contribution in [0.3, 0.4) is 0 Å². The van der Waals surface area contributed by atoms with Crippen molar-refractivity contribution in [3.63, 3.8) is 0 Å². The number of fused-ring (bicyclic) bond motifs is 1. The minimum absolute atomic E-state index is 0.00945. The van der Waals surface area contributed by atoms with Crippen LogP contribution < -0.4 is 0 Å². The van der Waals surface area contributed by atoms with Crippen LogP contribution in [0.2, 0.25) is 0 Å². The van der Waals surface area contributed by atoms with Crippen LogP contribution in [0.4, 0.5) is 5.69 Å². The van der Waals surface area contributed by atoms with E-state index in [2.05, 4.69) is 9.97 Å². The van der Waals surface area contributed by atoms with Crippen molar-refractivity contribution in [2.24, 2.45) is 0 Å². The van der Waals surface area contributed by atoms with Crippen LogP contribution in [-0.4, -0.2) is 26.6 Å². The molecule has 0 aliphatic heterocycles. The number of nitro benzene ring substituents is 1. The van der Waals surface area contributed by atoms with Gasteiger partial charge in [0.1, 0.15) is 11.6 Å². The molecular formula is C17H13N3O4S. The molecule has 0 radical (unpaired) electrons. The molecule has 0 saturated heterocycles. The number of para-hydroxylation sites is 2. The summed E-state index contributed by atoms with van der Waals surface area (Å²) in [7, 11) is 0. The van der Waals surface area contributed by atoms with Crippen LogP contribution in [0.25, 0.3) is 11.0 Å². The first kappa shape index (κ1) is 16.8. The van der Waals surface area contributed by atoms with Gasteiger partial charge in [0.25, 0.3) is 5.69 Å². The first-order valence-corrected chi connectivity index (χ1v) is 8.34. The summed E-state index contributed by atoms with van der Waals surface area (Å²) in [6, 6.07) is 13.5. The number of esters is 1. The Balaban J connectivity index is 1.53. The van der Waals surface area contributed by atoms with Gasteiger partial charge in [-0.25, -0.2) is 4.98 Å². The minimum atomic E-state index is -0.487. The average molecular weight is 355 g/mol. The Morgan fingerprint density at radius 2 is 1.96 bits per heavy atom. The summed E-state index contributed by atoms with van der Waals surface area (Å²) in [4.78, 5) is 30.8. The van der Waals surface area contributed by atoms with E-state index in [1.807, 2.05) is 24.3 Å². The molecule has 25 heavy (non-hydrogen) atoms. The Kier molecular flexibility index (Phi) is 5.20. The smallest absolute Gasteiger partial charge is 0.316 e. The first-order chi connectivity index (χ1) is 12.1. The maximum Gasteiger partial charge on any atom is 0.316 e. The van der Waals surface area contributed by atoms with E-state index < -0.39 is 10.9 Å². The summed E-state index contributed by atoms with van der Waals surface area (Å²) in [5.74, 6) is -0.339. The van der Waals surface area contributed by atoms with Crippen molar-refractivity contribution in [2.75, 3.05) is 5.75 Å². The number of benzene rings is 2. The summed E-state index contributed by atoms with van der Waals surface area (Å²) >= 11 is 1.23. The van der Waals surface area contributed by atoms with Gasteiger partial charge in [0.05, 0.1) is 27.9 Å². The molecule has 3 aromatic rings. The van der Waals surface area contributed by atoms with Crippen LogP contribution in [0, 0.1) is 10.1 Å². The molecule has 0 N–H and O–H groups in total. The molecule has 0 unspecified atom stereocenters. The summed E-state index contributed by atoms with van der Waals surface area (Å²) in [6.45, 7) is -0.00945. The second-order valence-electron chi connectivity index (χ2n) is 5.07. The lowest BCUT2D eigenvalue weighted by atomic mass is 10.2. The zero-order valence-electron chi connectivity index (χ0n) is 13.0. The van der Waals surface area contributed by atoms with E-state index in [9.17, 15) is 14.9 Å². The van der Waals surface area contributed by atoms with Gasteiger partial charge in [-0.15, -0.1) is 0 Å². The van der Waals surface area contributed by atoms with Crippen LogP contribution in [0.15, 0.2) is 59.8 Å². The van der Waals surface area contributed by atoms with Gasteiger partial charge in [-0.2, -0.15) is 0 Å². The van der Waals surface area contributed by atoms with Crippen LogP contribution in [0.1, 0.15) is 5.56 Å². The van der Waals surface area contributed by atoms with Crippen LogP contribution in [0.5, 0.6) is 0 Å².